The van der Waals surface area contributed by atoms with Crippen molar-refractivity contribution in [1.29, 1.82) is 0 Å². The fourth-order valence-electron chi connectivity index (χ4n) is 1.08. The molecule has 0 aliphatic rings. The van der Waals surface area contributed by atoms with E-state index in [1.807, 2.05) is 6.92 Å². The maximum Gasteiger partial charge on any atom is 0.303 e. The molecule has 8 heteroatoms. The minimum atomic E-state index is -0.837. The van der Waals surface area contributed by atoms with E-state index >= 15 is 0 Å². The molecule has 88 valence electrons. The lowest BCUT2D eigenvalue weighted by Gasteiger charge is -2.09. The van der Waals surface area contributed by atoms with Gasteiger partial charge in [0.1, 0.15) is 0 Å². The number of carboxylic acids is 1. The average molecular weight is 227 g/mol. The molecule has 3 N–H and O–H groups in total. The molecule has 0 aliphatic heterocycles. The van der Waals surface area contributed by atoms with Gasteiger partial charge in [-0.2, -0.15) is 5.21 Å². The zero-order valence-electron chi connectivity index (χ0n) is 8.80. The van der Waals surface area contributed by atoms with Gasteiger partial charge in [0.15, 0.2) is 0 Å². The number of rotatable bonds is 6. The van der Waals surface area contributed by atoms with E-state index in [-0.39, 0.29) is 18.2 Å². The average Bonchev–Trinajstić information content (AvgIpc) is 2.76. The number of amides is 1. The van der Waals surface area contributed by atoms with Crippen LogP contribution in [0, 0.1) is 5.92 Å². The van der Waals surface area contributed by atoms with Gasteiger partial charge in [0.25, 0.3) is 11.7 Å². The van der Waals surface area contributed by atoms with Gasteiger partial charge in [-0.1, -0.05) is 6.92 Å². The lowest BCUT2D eigenvalue weighted by molar-refractivity contribution is -0.137. The van der Waals surface area contributed by atoms with Crippen LogP contribution in [-0.2, 0) is 4.79 Å². The second kappa shape index (κ2) is 5.79. The molecular formula is C8H13N5O3. The number of aromatic nitrogens is 4. The standard InChI is InChI=1S/C8H13N5O3/c1-5(2-3-6(14)15)4-9-8(16)7-10-12-13-11-7/h5H,2-4H2,1H3,(H,9,16)(H,14,15)(H,10,11,12,13). The third kappa shape index (κ3) is 4.03. The zero-order chi connectivity index (χ0) is 12.0. The van der Waals surface area contributed by atoms with Crippen LogP contribution in [-0.4, -0.2) is 44.2 Å². The third-order valence-electron chi connectivity index (χ3n) is 2.01. The van der Waals surface area contributed by atoms with Crippen LogP contribution in [0.2, 0.25) is 0 Å². The first-order valence-electron chi connectivity index (χ1n) is 4.83. The molecule has 0 spiro atoms. The number of nitrogens with one attached hydrogen (secondary N) is 2. The minimum absolute atomic E-state index is 0.0227. The Morgan fingerprint density at radius 3 is 2.88 bits per heavy atom. The van der Waals surface area contributed by atoms with Crippen LogP contribution in [0.3, 0.4) is 0 Å². The van der Waals surface area contributed by atoms with Gasteiger partial charge in [-0.3, -0.25) is 9.59 Å². The van der Waals surface area contributed by atoms with Crippen LogP contribution in [0.4, 0.5) is 0 Å². The van der Waals surface area contributed by atoms with Crippen LogP contribution in [0.15, 0.2) is 0 Å². The molecule has 1 amide bonds. The Morgan fingerprint density at radius 1 is 1.56 bits per heavy atom. The van der Waals surface area contributed by atoms with Crippen molar-refractivity contribution >= 4 is 11.9 Å². The molecule has 1 rings (SSSR count). The van der Waals surface area contributed by atoms with Crippen LogP contribution < -0.4 is 5.32 Å². The number of carbonyl (C=O) groups excluding carboxylic acids is 1. The van der Waals surface area contributed by atoms with Crippen molar-refractivity contribution in [3.05, 3.63) is 5.82 Å². The number of tetrazole rings is 1. The third-order valence-corrected chi connectivity index (χ3v) is 2.01. The van der Waals surface area contributed by atoms with Crippen molar-refractivity contribution in [1.82, 2.24) is 25.9 Å². The number of carboxylic acid groups (broad SMARTS) is 1. The quantitative estimate of drug-likeness (QED) is 0.598. The summed E-state index contributed by atoms with van der Waals surface area (Å²) in [5.74, 6) is -1.19. The van der Waals surface area contributed by atoms with Gasteiger partial charge < -0.3 is 10.4 Å². The molecule has 8 nitrogen and oxygen atoms in total. The van der Waals surface area contributed by atoms with Crippen molar-refractivity contribution in [2.24, 2.45) is 5.92 Å². The topological polar surface area (TPSA) is 121 Å². The molecular weight excluding hydrogens is 214 g/mol. The lowest BCUT2D eigenvalue weighted by atomic mass is 10.1. The number of H-pyrrole nitrogens is 1. The molecule has 1 heterocycles. The second-order valence-corrected chi connectivity index (χ2v) is 3.48. The van der Waals surface area contributed by atoms with Gasteiger partial charge in [0.2, 0.25) is 0 Å². The van der Waals surface area contributed by atoms with E-state index in [9.17, 15) is 9.59 Å². The van der Waals surface area contributed by atoms with E-state index in [2.05, 4.69) is 25.9 Å². The molecule has 1 unspecified atom stereocenters. The van der Waals surface area contributed by atoms with E-state index in [1.165, 1.54) is 0 Å². The predicted octanol–water partition coefficient (Wildman–Crippen LogP) is -0.570. The monoisotopic (exact) mass is 227 g/mol. The van der Waals surface area contributed by atoms with Crippen LogP contribution in [0.25, 0.3) is 0 Å². The second-order valence-electron chi connectivity index (χ2n) is 3.48. The SMILES string of the molecule is CC(CCC(=O)O)CNC(=O)c1nn[nH]n1. The molecule has 0 saturated carbocycles. The fourth-order valence-corrected chi connectivity index (χ4v) is 1.08. The first-order chi connectivity index (χ1) is 7.59. The summed E-state index contributed by atoms with van der Waals surface area (Å²) in [4.78, 5) is 21.6. The van der Waals surface area contributed by atoms with Crippen molar-refractivity contribution in [3.8, 4) is 0 Å². The van der Waals surface area contributed by atoms with Gasteiger partial charge in [0.05, 0.1) is 0 Å². The van der Waals surface area contributed by atoms with Crippen molar-refractivity contribution < 1.29 is 14.7 Å². The molecule has 0 aliphatic carbocycles. The van der Waals surface area contributed by atoms with Gasteiger partial charge in [-0.05, 0) is 17.6 Å². The molecule has 0 radical (unpaired) electrons. The first-order valence-corrected chi connectivity index (χ1v) is 4.83. The van der Waals surface area contributed by atoms with Crippen LogP contribution >= 0.6 is 0 Å². The van der Waals surface area contributed by atoms with Gasteiger partial charge in [0, 0.05) is 13.0 Å². The summed E-state index contributed by atoms with van der Waals surface area (Å²) in [5, 5.41) is 23.5. The number of hydrogen-bond acceptors (Lipinski definition) is 5. The van der Waals surface area contributed by atoms with E-state index in [0.29, 0.717) is 13.0 Å². The maximum atomic E-state index is 11.3. The Morgan fingerprint density at radius 2 is 2.31 bits per heavy atom. The highest BCUT2D eigenvalue weighted by atomic mass is 16.4. The van der Waals surface area contributed by atoms with E-state index in [1.54, 1.807) is 0 Å². The Kier molecular flexibility index (Phi) is 4.37. The fraction of sp³-hybridized carbons (Fsp3) is 0.625. The molecule has 0 bridgehead atoms. The maximum absolute atomic E-state index is 11.3. The Labute approximate surface area is 91.4 Å². The van der Waals surface area contributed by atoms with Crippen molar-refractivity contribution in [2.45, 2.75) is 19.8 Å². The summed E-state index contributed by atoms with van der Waals surface area (Å²) in [6.07, 6.45) is 0.612. The van der Waals surface area contributed by atoms with Crippen LogP contribution in [0.5, 0.6) is 0 Å². The summed E-state index contributed by atoms with van der Waals surface area (Å²) in [6, 6.07) is 0. The molecule has 0 aromatic carbocycles. The van der Waals surface area contributed by atoms with E-state index in [4.69, 9.17) is 5.11 Å². The highest BCUT2D eigenvalue weighted by Crippen LogP contribution is 2.03. The Balaban J connectivity index is 2.24. The molecule has 1 atom stereocenters. The number of carbonyl (C=O) groups is 2. The normalized spacial score (nSPS) is 12.1. The van der Waals surface area contributed by atoms with Crippen molar-refractivity contribution in [3.63, 3.8) is 0 Å². The smallest absolute Gasteiger partial charge is 0.303 e. The summed E-state index contributed by atoms with van der Waals surface area (Å²) >= 11 is 0. The minimum Gasteiger partial charge on any atom is -0.481 e. The first kappa shape index (κ1) is 12.1. The molecule has 16 heavy (non-hydrogen) atoms. The van der Waals surface area contributed by atoms with Crippen molar-refractivity contribution in [2.75, 3.05) is 6.54 Å². The highest BCUT2D eigenvalue weighted by molar-refractivity contribution is 5.89. The van der Waals surface area contributed by atoms with Gasteiger partial charge >= 0.3 is 5.97 Å². The molecule has 0 fully saturated rings. The zero-order valence-corrected chi connectivity index (χ0v) is 8.80. The number of aromatic amines is 1. The van der Waals surface area contributed by atoms with E-state index in [0.717, 1.165) is 0 Å². The van der Waals surface area contributed by atoms with E-state index < -0.39 is 11.9 Å². The molecule has 0 saturated heterocycles. The predicted molar refractivity (Wildman–Crippen MR) is 52.5 cm³/mol. The summed E-state index contributed by atoms with van der Waals surface area (Å²) in [6.45, 7) is 2.25. The Hall–Kier alpha value is -1.99. The van der Waals surface area contributed by atoms with Gasteiger partial charge in [-0.15, -0.1) is 10.2 Å². The largest absolute Gasteiger partial charge is 0.481 e. The van der Waals surface area contributed by atoms with Gasteiger partial charge in [-0.25, -0.2) is 0 Å². The molecule has 1 aromatic rings. The summed E-state index contributed by atoms with van der Waals surface area (Å²) in [7, 11) is 0. The highest BCUT2D eigenvalue weighted by Gasteiger charge is 2.12. The number of aliphatic carboxylic acids is 1. The molecule has 1 aromatic heterocycles. The Bertz CT molecular complexity index is 351. The lowest BCUT2D eigenvalue weighted by Crippen LogP contribution is -2.29. The number of nitrogens with zero attached hydrogens (tertiary/aromatic N) is 3. The number of hydrogen-bond donors (Lipinski definition) is 3. The summed E-state index contributed by atoms with van der Waals surface area (Å²) < 4.78 is 0. The van der Waals surface area contributed by atoms with Crippen LogP contribution in [0.1, 0.15) is 30.4 Å². The summed E-state index contributed by atoms with van der Waals surface area (Å²) in [5.41, 5.74) is 0.